The molecule has 0 saturated heterocycles. The van der Waals surface area contributed by atoms with Crippen molar-refractivity contribution in [2.24, 2.45) is 0 Å². The zero-order chi connectivity index (χ0) is 18.7. The lowest BCUT2D eigenvalue weighted by molar-refractivity contribution is 0.101. The number of fused-ring (bicyclic) bond motifs is 1. The molecule has 0 aliphatic carbocycles. The van der Waals surface area contributed by atoms with Gasteiger partial charge in [-0.05, 0) is 51.1 Å². The van der Waals surface area contributed by atoms with E-state index in [0.717, 1.165) is 11.4 Å². The first kappa shape index (κ1) is 18.3. The highest BCUT2D eigenvalue weighted by Gasteiger charge is 2.12. The first-order valence-electron chi connectivity index (χ1n) is 8.18. The fraction of sp³-hybridized carbons (Fsp3) is 0.333. The summed E-state index contributed by atoms with van der Waals surface area (Å²) < 4.78 is 7.24. The monoisotopic (exact) mass is 372 g/mol. The Balaban J connectivity index is 1.53. The molecule has 0 bridgehead atoms. The second kappa shape index (κ2) is 7.84. The van der Waals surface area contributed by atoms with Crippen molar-refractivity contribution < 1.29 is 14.6 Å². The van der Waals surface area contributed by atoms with Gasteiger partial charge >= 0.3 is 0 Å². The van der Waals surface area contributed by atoms with Crippen LogP contribution in [0.4, 0.5) is 0 Å². The smallest absolute Gasteiger partial charge is 0.253 e. The summed E-state index contributed by atoms with van der Waals surface area (Å²) in [5.41, 5.74) is 2.48. The van der Waals surface area contributed by atoms with E-state index in [1.165, 1.54) is 18.7 Å². The number of rotatable bonds is 7. The SMILES string of the molecule is CC(=O)c1ccc(OC[C@H](O)CSc2nc3nc(C)cc(C)n3n2)cc1. The van der Waals surface area contributed by atoms with Gasteiger partial charge in [0.1, 0.15) is 12.4 Å². The number of Topliss-reactive ketones (excluding diaryl/α,β-unsaturated/α-hetero) is 1. The normalized spacial score (nSPS) is 12.3. The third-order valence-electron chi connectivity index (χ3n) is 3.71. The maximum atomic E-state index is 11.2. The number of aryl methyl sites for hydroxylation is 2. The number of ketones is 1. The van der Waals surface area contributed by atoms with Crippen molar-refractivity contribution in [3.63, 3.8) is 0 Å². The van der Waals surface area contributed by atoms with Gasteiger partial charge in [0.2, 0.25) is 5.16 Å². The van der Waals surface area contributed by atoms with Crippen LogP contribution < -0.4 is 4.74 Å². The van der Waals surface area contributed by atoms with Crippen molar-refractivity contribution in [2.45, 2.75) is 32.0 Å². The number of hydrogen-bond acceptors (Lipinski definition) is 7. The lowest BCUT2D eigenvalue weighted by atomic mass is 10.1. The molecule has 1 N–H and O–H groups in total. The van der Waals surface area contributed by atoms with Crippen LogP contribution in [0.3, 0.4) is 0 Å². The molecule has 0 saturated carbocycles. The van der Waals surface area contributed by atoms with Gasteiger partial charge in [-0.2, -0.15) is 4.98 Å². The molecule has 7 nitrogen and oxygen atoms in total. The summed E-state index contributed by atoms with van der Waals surface area (Å²) in [5, 5.41) is 15.1. The number of hydrogen-bond donors (Lipinski definition) is 1. The van der Waals surface area contributed by atoms with Crippen LogP contribution in [0.2, 0.25) is 0 Å². The Morgan fingerprint density at radius 2 is 2.00 bits per heavy atom. The molecule has 1 atom stereocenters. The molecular weight excluding hydrogens is 352 g/mol. The highest BCUT2D eigenvalue weighted by atomic mass is 32.2. The zero-order valence-electron chi connectivity index (χ0n) is 14.8. The second-order valence-corrected chi connectivity index (χ2v) is 6.99. The largest absolute Gasteiger partial charge is 0.491 e. The highest BCUT2D eigenvalue weighted by molar-refractivity contribution is 7.99. The van der Waals surface area contributed by atoms with Crippen LogP contribution in [-0.4, -0.2) is 48.9 Å². The number of nitrogens with zero attached hydrogens (tertiary/aromatic N) is 4. The fourth-order valence-electron chi connectivity index (χ4n) is 2.41. The first-order chi connectivity index (χ1) is 12.4. The van der Waals surface area contributed by atoms with Gasteiger partial charge in [-0.3, -0.25) is 4.79 Å². The van der Waals surface area contributed by atoms with E-state index < -0.39 is 6.10 Å². The number of carbonyl (C=O) groups is 1. The van der Waals surface area contributed by atoms with Gasteiger partial charge < -0.3 is 9.84 Å². The summed E-state index contributed by atoms with van der Waals surface area (Å²) in [4.78, 5) is 20.0. The van der Waals surface area contributed by atoms with E-state index in [-0.39, 0.29) is 12.4 Å². The van der Waals surface area contributed by atoms with Gasteiger partial charge in [-0.1, -0.05) is 11.8 Å². The first-order valence-corrected chi connectivity index (χ1v) is 9.16. The van der Waals surface area contributed by atoms with Crippen LogP contribution in [0.25, 0.3) is 5.78 Å². The van der Waals surface area contributed by atoms with Crippen molar-refractivity contribution in [1.29, 1.82) is 0 Å². The van der Waals surface area contributed by atoms with E-state index in [1.807, 2.05) is 19.9 Å². The maximum Gasteiger partial charge on any atom is 0.253 e. The number of ether oxygens (including phenoxy) is 1. The molecule has 3 aromatic rings. The highest BCUT2D eigenvalue weighted by Crippen LogP contribution is 2.17. The molecule has 0 aliphatic heterocycles. The quantitative estimate of drug-likeness (QED) is 0.503. The van der Waals surface area contributed by atoms with Crippen LogP contribution in [0, 0.1) is 13.8 Å². The lowest BCUT2D eigenvalue weighted by Crippen LogP contribution is -2.20. The molecule has 0 aliphatic rings. The van der Waals surface area contributed by atoms with Gasteiger partial charge in [-0.25, -0.2) is 9.50 Å². The minimum absolute atomic E-state index is 0.00728. The molecule has 136 valence electrons. The van der Waals surface area contributed by atoms with E-state index in [1.54, 1.807) is 28.8 Å². The molecule has 3 rings (SSSR count). The van der Waals surface area contributed by atoms with Gasteiger partial charge in [0, 0.05) is 22.7 Å². The minimum atomic E-state index is -0.671. The fourth-order valence-corrected chi connectivity index (χ4v) is 3.13. The van der Waals surface area contributed by atoms with Crippen LogP contribution in [-0.2, 0) is 0 Å². The van der Waals surface area contributed by atoms with Crippen molar-refractivity contribution in [3.05, 3.63) is 47.3 Å². The van der Waals surface area contributed by atoms with Crippen LogP contribution >= 0.6 is 11.8 Å². The van der Waals surface area contributed by atoms with Crippen molar-refractivity contribution in [1.82, 2.24) is 19.6 Å². The number of benzene rings is 1. The molecular formula is C18H20N4O3S. The topological polar surface area (TPSA) is 89.6 Å². The molecule has 26 heavy (non-hydrogen) atoms. The Morgan fingerprint density at radius 1 is 1.27 bits per heavy atom. The predicted octanol–water partition coefficient (Wildman–Crippen LogP) is 2.48. The van der Waals surface area contributed by atoms with Crippen molar-refractivity contribution >= 4 is 23.3 Å². The summed E-state index contributed by atoms with van der Waals surface area (Å²) in [6.45, 7) is 5.53. The number of aromatic nitrogens is 4. The molecule has 8 heteroatoms. The molecule has 2 heterocycles. The molecule has 1 aromatic carbocycles. The molecule has 0 amide bonds. The predicted molar refractivity (Wildman–Crippen MR) is 98.9 cm³/mol. The molecule has 0 spiro atoms. The molecule has 0 radical (unpaired) electrons. The summed E-state index contributed by atoms with van der Waals surface area (Å²) in [7, 11) is 0. The summed E-state index contributed by atoms with van der Waals surface area (Å²) >= 11 is 1.35. The zero-order valence-corrected chi connectivity index (χ0v) is 15.7. The summed E-state index contributed by atoms with van der Waals surface area (Å²) in [5.74, 6) is 1.58. The summed E-state index contributed by atoms with van der Waals surface area (Å²) in [6.07, 6.45) is -0.671. The van der Waals surface area contributed by atoms with Crippen LogP contribution in [0.5, 0.6) is 5.75 Å². The van der Waals surface area contributed by atoms with Crippen LogP contribution in [0.1, 0.15) is 28.7 Å². The lowest BCUT2D eigenvalue weighted by Gasteiger charge is -2.11. The van der Waals surface area contributed by atoms with E-state index >= 15 is 0 Å². The summed E-state index contributed by atoms with van der Waals surface area (Å²) in [6, 6.07) is 8.79. The molecule has 2 aromatic heterocycles. The molecule has 0 unspecified atom stereocenters. The maximum absolute atomic E-state index is 11.2. The Kier molecular flexibility index (Phi) is 5.53. The minimum Gasteiger partial charge on any atom is -0.491 e. The van der Waals surface area contributed by atoms with Gasteiger partial charge in [0.15, 0.2) is 5.78 Å². The Bertz CT molecular complexity index is 924. The van der Waals surface area contributed by atoms with E-state index in [0.29, 0.717) is 28.0 Å². The second-order valence-electron chi connectivity index (χ2n) is 6.00. The number of aliphatic hydroxyl groups excluding tert-OH is 1. The van der Waals surface area contributed by atoms with E-state index in [4.69, 9.17) is 4.74 Å². The van der Waals surface area contributed by atoms with Crippen molar-refractivity contribution in [2.75, 3.05) is 12.4 Å². The number of aliphatic hydroxyl groups is 1. The number of carbonyl (C=O) groups excluding carboxylic acids is 1. The Labute approximate surface area is 155 Å². The van der Waals surface area contributed by atoms with Gasteiger partial charge in [0.05, 0.1) is 6.10 Å². The van der Waals surface area contributed by atoms with Crippen molar-refractivity contribution in [3.8, 4) is 5.75 Å². The third kappa shape index (κ3) is 4.39. The van der Waals surface area contributed by atoms with Gasteiger partial charge in [-0.15, -0.1) is 5.10 Å². The average molecular weight is 372 g/mol. The van der Waals surface area contributed by atoms with E-state index in [9.17, 15) is 9.90 Å². The molecule has 0 fully saturated rings. The van der Waals surface area contributed by atoms with Gasteiger partial charge in [0.25, 0.3) is 5.78 Å². The van der Waals surface area contributed by atoms with E-state index in [2.05, 4.69) is 15.1 Å². The standard InChI is InChI=1S/C18H20N4O3S/c1-11-8-12(2)22-17(19-11)20-18(21-22)26-10-15(24)9-25-16-6-4-14(5-7-16)13(3)23/h4-8,15,24H,9-10H2,1-3H3/t15-/m0/s1. The average Bonchev–Trinajstić information content (AvgIpc) is 3.01. The Morgan fingerprint density at radius 3 is 2.69 bits per heavy atom. The number of thioether (sulfide) groups is 1. The third-order valence-corrected chi connectivity index (χ3v) is 4.69. The Hall–Kier alpha value is -2.45. The van der Waals surface area contributed by atoms with Crippen LogP contribution in [0.15, 0.2) is 35.5 Å².